The third kappa shape index (κ3) is 2.93. The Labute approximate surface area is 126 Å². The maximum Gasteiger partial charge on any atom is 0.207 e. The quantitative estimate of drug-likeness (QED) is 0.470. The second kappa shape index (κ2) is 5.96. The van der Waals surface area contributed by atoms with E-state index in [4.69, 9.17) is 32.9 Å². The van der Waals surface area contributed by atoms with Crippen molar-refractivity contribution in [1.29, 1.82) is 5.26 Å². The number of benzene rings is 1. The van der Waals surface area contributed by atoms with Gasteiger partial charge in [-0.05, 0) is 36.8 Å². The van der Waals surface area contributed by atoms with Crippen molar-refractivity contribution in [3.05, 3.63) is 63.0 Å². The van der Waals surface area contributed by atoms with E-state index in [9.17, 15) is 4.79 Å². The summed E-state index contributed by atoms with van der Waals surface area (Å²) in [6.45, 7) is 1.67. The van der Waals surface area contributed by atoms with Gasteiger partial charge >= 0.3 is 0 Å². The summed E-state index contributed by atoms with van der Waals surface area (Å²) in [6, 6.07) is 8.32. The topological polar surface area (TPSA) is 54.0 Å². The van der Waals surface area contributed by atoms with Crippen molar-refractivity contribution < 1.29 is 9.21 Å². The van der Waals surface area contributed by atoms with Gasteiger partial charge < -0.3 is 4.42 Å². The maximum absolute atomic E-state index is 12.2. The maximum atomic E-state index is 12.2. The number of carbonyl (C=O) groups is 1. The average molecular weight is 306 g/mol. The van der Waals surface area contributed by atoms with Gasteiger partial charge in [-0.1, -0.05) is 29.3 Å². The molecule has 1 heterocycles. The molecule has 20 heavy (non-hydrogen) atoms. The summed E-state index contributed by atoms with van der Waals surface area (Å²) in [5.74, 6) is 0.0927. The van der Waals surface area contributed by atoms with Gasteiger partial charge in [-0.3, -0.25) is 4.79 Å². The molecule has 100 valence electrons. The summed E-state index contributed by atoms with van der Waals surface area (Å²) in [7, 11) is 0. The van der Waals surface area contributed by atoms with E-state index in [0.29, 0.717) is 26.9 Å². The van der Waals surface area contributed by atoms with Crippen LogP contribution in [0.5, 0.6) is 0 Å². The Kier molecular flexibility index (Phi) is 4.29. The number of hydrogen-bond donors (Lipinski definition) is 0. The molecule has 0 aliphatic rings. The lowest BCUT2D eigenvalue weighted by molar-refractivity contribution is 0.103. The molecule has 0 atom stereocenters. The molecular weight excluding hydrogens is 297 g/mol. The third-order valence-corrected chi connectivity index (χ3v) is 3.46. The zero-order chi connectivity index (χ0) is 14.7. The molecular formula is C15H9Cl2NO2. The standard InChI is InChI=1S/C15H9Cl2NO2/c1-9-12(4-5-20-9)15(19)11(8-18)6-10-2-3-13(16)14(17)7-10/h2-7H,1H3/b11-6+. The van der Waals surface area contributed by atoms with Crippen LogP contribution in [0.1, 0.15) is 21.7 Å². The number of rotatable bonds is 3. The minimum atomic E-state index is -0.384. The average Bonchev–Trinajstić information content (AvgIpc) is 2.85. The molecule has 0 spiro atoms. The lowest BCUT2D eigenvalue weighted by Gasteiger charge is -2.00. The summed E-state index contributed by atoms with van der Waals surface area (Å²) in [5.41, 5.74) is 1.01. The predicted molar refractivity (Wildman–Crippen MR) is 77.8 cm³/mol. The highest BCUT2D eigenvalue weighted by atomic mass is 35.5. The van der Waals surface area contributed by atoms with Crippen molar-refractivity contribution in [1.82, 2.24) is 0 Å². The Bertz CT molecular complexity index is 739. The predicted octanol–water partition coefficient (Wildman–Crippen LogP) is 4.68. The molecule has 2 aromatic rings. The van der Waals surface area contributed by atoms with Crippen LogP contribution in [-0.2, 0) is 0 Å². The Hall–Kier alpha value is -2.02. The molecule has 0 bridgehead atoms. The highest BCUT2D eigenvalue weighted by Gasteiger charge is 2.16. The van der Waals surface area contributed by atoms with E-state index in [1.807, 2.05) is 6.07 Å². The fourth-order valence-corrected chi connectivity index (χ4v) is 1.99. The molecule has 5 heteroatoms. The van der Waals surface area contributed by atoms with Gasteiger partial charge in [0, 0.05) is 0 Å². The second-order valence-electron chi connectivity index (χ2n) is 4.06. The summed E-state index contributed by atoms with van der Waals surface area (Å²) in [6.07, 6.45) is 2.88. The molecule has 0 unspecified atom stereocenters. The lowest BCUT2D eigenvalue weighted by atomic mass is 10.0. The molecule has 2 rings (SSSR count). The van der Waals surface area contributed by atoms with Crippen LogP contribution >= 0.6 is 23.2 Å². The van der Waals surface area contributed by atoms with Gasteiger partial charge in [0.05, 0.1) is 21.9 Å². The van der Waals surface area contributed by atoms with Crippen molar-refractivity contribution in [3.63, 3.8) is 0 Å². The van der Waals surface area contributed by atoms with E-state index in [1.165, 1.54) is 18.4 Å². The third-order valence-electron chi connectivity index (χ3n) is 2.72. The van der Waals surface area contributed by atoms with Gasteiger partial charge in [0.25, 0.3) is 0 Å². The molecule has 0 radical (unpaired) electrons. The molecule has 0 amide bonds. The molecule has 0 N–H and O–H groups in total. The van der Waals surface area contributed by atoms with Gasteiger partial charge in [0.1, 0.15) is 17.4 Å². The number of furan rings is 1. The van der Waals surface area contributed by atoms with Crippen LogP contribution in [0.2, 0.25) is 10.0 Å². The highest BCUT2D eigenvalue weighted by molar-refractivity contribution is 6.42. The normalized spacial score (nSPS) is 11.2. The van der Waals surface area contributed by atoms with E-state index >= 15 is 0 Å². The number of carbonyl (C=O) groups excluding carboxylic acids is 1. The monoisotopic (exact) mass is 305 g/mol. The zero-order valence-electron chi connectivity index (χ0n) is 10.5. The molecule has 0 aliphatic heterocycles. The van der Waals surface area contributed by atoms with Crippen LogP contribution in [-0.4, -0.2) is 5.78 Å². The number of Topliss-reactive ketones (excluding diaryl/α,β-unsaturated/α-hetero) is 1. The van der Waals surface area contributed by atoms with Crippen LogP contribution in [0.15, 0.2) is 40.5 Å². The van der Waals surface area contributed by atoms with Crippen LogP contribution in [0, 0.1) is 18.3 Å². The Morgan fingerprint density at radius 1 is 1.30 bits per heavy atom. The first-order valence-corrected chi connectivity index (χ1v) is 6.44. The van der Waals surface area contributed by atoms with Crippen molar-refractivity contribution in [2.45, 2.75) is 6.92 Å². The molecule has 0 saturated heterocycles. The van der Waals surface area contributed by atoms with E-state index < -0.39 is 0 Å². The van der Waals surface area contributed by atoms with Gasteiger partial charge in [-0.25, -0.2) is 0 Å². The summed E-state index contributed by atoms with van der Waals surface area (Å²) in [5, 5.41) is 9.92. The smallest absolute Gasteiger partial charge is 0.207 e. The second-order valence-corrected chi connectivity index (χ2v) is 4.88. The molecule has 1 aromatic carbocycles. The van der Waals surface area contributed by atoms with E-state index in [-0.39, 0.29) is 11.4 Å². The molecule has 1 aromatic heterocycles. The van der Waals surface area contributed by atoms with E-state index in [1.54, 1.807) is 25.1 Å². The largest absolute Gasteiger partial charge is 0.469 e. The number of hydrogen-bond acceptors (Lipinski definition) is 3. The van der Waals surface area contributed by atoms with Crippen molar-refractivity contribution in [2.75, 3.05) is 0 Å². The number of nitrogens with zero attached hydrogens (tertiary/aromatic N) is 1. The zero-order valence-corrected chi connectivity index (χ0v) is 12.0. The number of halogens is 2. The molecule has 0 fully saturated rings. The lowest BCUT2D eigenvalue weighted by Crippen LogP contribution is -2.02. The summed E-state index contributed by atoms with van der Waals surface area (Å²) < 4.78 is 5.07. The summed E-state index contributed by atoms with van der Waals surface area (Å²) in [4.78, 5) is 12.2. The Morgan fingerprint density at radius 2 is 2.05 bits per heavy atom. The SMILES string of the molecule is Cc1occc1C(=O)/C(C#N)=C/c1ccc(Cl)c(Cl)c1. The number of aryl methyl sites for hydroxylation is 1. The number of ketones is 1. The van der Waals surface area contributed by atoms with E-state index in [0.717, 1.165) is 0 Å². The minimum absolute atomic E-state index is 0.00730. The first-order valence-electron chi connectivity index (χ1n) is 5.68. The first-order chi connectivity index (χ1) is 9.52. The van der Waals surface area contributed by atoms with Crippen molar-refractivity contribution >= 4 is 35.1 Å². The number of allylic oxidation sites excluding steroid dienone is 1. The van der Waals surface area contributed by atoms with Gasteiger partial charge in [-0.15, -0.1) is 0 Å². The van der Waals surface area contributed by atoms with Crippen molar-refractivity contribution in [2.24, 2.45) is 0 Å². The van der Waals surface area contributed by atoms with Crippen LogP contribution in [0.3, 0.4) is 0 Å². The van der Waals surface area contributed by atoms with Crippen LogP contribution in [0.25, 0.3) is 6.08 Å². The van der Waals surface area contributed by atoms with Crippen molar-refractivity contribution in [3.8, 4) is 6.07 Å². The molecule has 3 nitrogen and oxygen atoms in total. The highest BCUT2D eigenvalue weighted by Crippen LogP contribution is 2.24. The van der Waals surface area contributed by atoms with Gasteiger partial charge in [-0.2, -0.15) is 5.26 Å². The van der Waals surface area contributed by atoms with Crippen LogP contribution < -0.4 is 0 Å². The Balaban J connectivity index is 2.40. The van der Waals surface area contributed by atoms with E-state index in [2.05, 4.69) is 0 Å². The molecule has 0 saturated carbocycles. The molecule has 0 aliphatic carbocycles. The van der Waals surface area contributed by atoms with Gasteiger partial charge in [0.15, 0.2) is 0 Å². The Morgan fingerprint density at radius 3 is 2.60 bits per heavy atom. The van der Waals surface area contributed by atoms with Crippen LogP contribution in [0.4, 0.5) is 0 Å². The van der Waals surface area contributed by atoms with Gasteiger partial charge in [0.2, 0.25) is 5.78 Å². The minimum Gasteiger partial charge on any atom is -0.469 e. The number of nitriles is 1. The fourth-order valence-electron chi connectivity index (χ4n) is 1.68. The fraction of sp³-hybridized carbons (Fsp3) is 0.0667. The summed E-state index contributed by atoms with van der Waals surface area (Å²) >= 11 is 11.7. The first kappa shape index (κ1) is 14.4.